The van der Waals surface area contributed by atoms with Crippen LogP contribution < -0.4 is 10.6 Å². The molecule has 168 valence electrons. The summed E-state index contributed by atoms with van der Waals surface area (Å²) >= 11 is 4.99. The van der Waals surface area contributed by atoms with Crippen LogP contribution in [0.2, 0.25) is 0 Å². The van der Waals surface area contributed by atoms with Gasteiger partial charge in [0.15, 0.2) is 0 Å². The molecular weight excluding hydrogens is 664 g/mol. The highest BCUT2D eigenvalue weighted by atomic mass is 127. The minimum Gasteiger partial charge on any atom is -0.0708 e. The van der Waals surface area contributed by atoms with Crippen LogP contribution in [0.5, 0.6) is 0 Å². The van der Waals surface area contributed by atoms with Gasteiger partial charge < -0.3 is 0 Å². The average molecular weight is 692 g/mol. The Hall–Kier alpha value is -0.800. The zero-order chi connectivity index (χ0) is 22.9. The van der Waals surface area contributed by atoms with Crippen molar-refractivity contribution in [1.29, 1.82) is 0 Å². The summed E-state index contributed by atoms with van der Waals surface area (Å²) in [7, 11) is -0.418. The average Bonchev–Trinajstić information content (AvgIpc) is 2.86. The van der Waals surface area contributed by atoms with Gasteiger partial charge in [0, 0.05) is 7.14 Å². The lowest BCUT2D eigenvalue weighted by Crippen LogP contribution is -2.09. The van der Waals surface area contributed by atoms with Crippen molar-refractivity contribution in [1.82, 2.24) is 0 Å². The summed E-state index contributed by atoms with van der Waals surface area (Å²) in [5.74, 6) is 0. The molecule has 4 aromatic carbocycles. The fraction of sp³-hybridized carbons (Fsp3) is 0.172. The van der Waals surface area contributed by atoms with Gasteiger partial charge in [-0.25, -0.2) is 0 Å². The van der Waals surface area contributed by atoms with Crippen LogP contribution in [-0.2, 0) is 12.3 Å². The molecule has 0 heterocycles. The SMILES string of the molecule is Ic1ccccc1CP(CCCP(Cc1ccccc1I)c1ccccc1)c1ccccc1. The molecule has 4 heteroatoms. The first kappa shape index (κ1) is 25.3. The van der Waals surface area contributed by atoms with Crippen LogP contribution in [0.25, 0.3) is 0 Å². The molecule has 0 nitrogen and oxygen atoms in total. The van der Waals surface area contributed by atoms with Crippen molar-refractivity contribution < 1.29 is 0 Å². The Morgan fingerprint density at radius 2 is 0.818 bits per heavy atom. The highest BCUT2D eigenvalue weighted by Gasteiger charge is 2.17. The van der Waals surface area contributed by atoms with Crippen molar-refractivity contribution in [2.24, 2.45) is 0 Å². The predicted octanol–water partition coefficient (Wildman–Crippen LogP) is 8.60. The van der Waals surface area contributed by atoms with Crippen LogP contribution in [0.3, 0.4) is 0 Å². The summed E-state index contributed by atoms with van der Waals surface area (Å²) in [5.41, 5.74) is 2.99. The maximum atomic E-state index is 2.50. The first-order valence-electron chi connectivity index (χ1n) is 11.3. The number of halogens is 2. The molecule has 0 fully saturated rings. The number of hydrogen-bond donors (Lipinski definition) is 0. The first-order chi connectivity index (χ1) is 16.2. The lowest BCUT2D eigenvalue weighted by atomic mass is 10.2. The quantitative estimate of drug-likeness (QED) is 0.115. The van der Waals surface area contributed by atoms with Gasteiger partial charge in [-0.15, -0.1) is 0 Å². The summed E-state index contributed by atoms with van der Waals surface area (Å²) in [5, 5.41) is 3.07. The Morgan fingerprint density at radius 3 is 1.21 bits per heavy atom. The molecule has 33 heavy (non-hydrogen) atoms. The molecule has 0 saturated carbocycles. The summed E-state index contributed by atoms with van der Waals surface area (Å²) in [6, 6.07) is 40.2. The van der Waals surface area contributed by atoms with Gasteiger partial charge in [0.05, 0.1) is 0 Å². The second kappa shape index (κ2) is 13.3. The molecule has 2 atom stereocenters. The zero-order valence-corrected chi connectivity index (χ0v) is 24.7. The van der Waals surface area contributed by atoms with Gasteiger partial charge in [-0.2, -0.15) is 0 Å². The smallest absolute Gasteiger partial charge is 0.0166 e. The Bertz CT molecular complexity index is 1040. The maximum absolute atomic E-state index is 2.50. The highest BCUT2D eigenvalue weighted by Crippen LogP contribution is 2.45. The van der Waals surface area contributed by atoms with E-state index in [1.807, 2.05) is 0 Å². The fourth-order valence-corrected chi connectivity index (χ4v) is 10.8. The van der Waals surface area contributed by atoms with E-state index in [1.54, 1.807) is 0 Å². The van der Waals surface area contributed by atoms with E-state index < -0.39 is 0 Å². The molecule has 0 saturated heterocycles. The van der Waals surface area contributed by atoms with Crippen molar-refractivity contribution in [2.75, 3.05) is 12.3 Å². The van der Waals surface area contributed by atoms with Crippen molar-refractivity contribution >= 4 is 71.6 Å². The van der Waals surface area contributed by atoms with Crippen LogP contribution in [0.15, 0.2) is 109 Å². The second-order valence-corrected chi connectivity index (χ2v) is 15.1. The van der Waals surface area contributed by atoms with Crippen LogP contribution in [-0.4, -0.2) is 12.3 Å². The third-order valence-electron chi connectivity index (χ3n) is 5.74. The highest BCUT2D eigenvalue weighted by molar-refractivity contribution is 14.1. The third-order valence-corrected chi connectivity index (χ3v) is 13.1. The molecule has 0 N–H and O–H groups in total. The fourth-order valence-electron chi connectivity index (χ4n) is 3.99. The van der Waals surface area contributed by atoms with E-state index in [2.05, 4.69) is 154 Å². The Morgan fingerprint density at radius 1 is 0.455 bits per heavy atom. The molecule has 0 aromatic heterocycles. The van der Waals surface area contributed by atoms with Gasteiger partial charge in [-0.1, -0.05) is 113 Å². The molecule has 0 aliphatic rings. The summed E-state index contributed by atoms with van der Waals surface area (Å²) in [6.07, 6.45) is 6.23. The molecule has 2 unspecified atom stereocenters. The Balaban J connectivity index is 1.49. The molecule has 0 bridgehead atoms. The monoisotopic (exact) mass is 692 g/mol. The van der Waals surface area contributed by atoms with Crippen LogP contribution in [0, 0.1) is 7.14 Å². The lowest BCUT2D eigenvalue weighted by Gasteiger charge is -2.23. The van der Waals surface area contributed by atoms with E-state index in [4.69, 9.17) is 0 Å². The molecule has 0 spiro atoms. The molecule has 0 radical (unpaired) electrons. The molecular formula is C29H28I2P2. The maximum Gasteiger partial charge on any atom is 0.0166 e. The molecule has 0 aliphatic carbocycles. The zero-order valence-electron chi connectivity index (χ0n) is 18.6. The van der Waals surface area contributed by atoms with Crippen LogP contribution >= 0.6 is 61.0 Å². The summed E-state index contributed by atoms with van der Waals surface area (Å²) in [4.78, 5) is 0. The standard InChI is InChI=1S/C29H28I2P2/c30-28-18-9-7-12-24(28)22-32(26-14-3-1-4-15-26)20-11-21-33(27-16-5-2-6-17-27)23-25-13-8-10-19-29(25)31/h1-10,12-19H,11,20-23H2. The van der Waals surface area contributed by atoms with E-state index >= 15 is 0 Å². The second-order valence-electron chi connectivity index (χ2n) is 8.05. The van der Waals surface area contributed by atoms with E-state index in [-0.39, 0.29) is 15.8 Å². The molecule has 4 aromatic rings. The predicted molar refractivity (Wildman–Crippen MR) is 166 cm³/mol. The minimum atomic E-state index is -0.209. The van der Waals surface area contributed by atoms with Crippen molar-refractivity contribution in [3.63, 3.8) is 0 Å². The molecule has 0 amide bonds. The first-order valence-corrected chi connectivity index (χ1v) is 16.9. The van der Waals surface area contributed by atoms with Gasteiger partial charge in [0.25, 0.3) is 0 Å². The number of rotatable bonds is 10. The largest absolute Gasteiger partial charge is 0.0708 e. The minimum absolute atomic E-state index is 0.209. The van der Waals surface area contributed by atoms with Crippen LogP contribution in [0.1, 0.15) is 17.5 Å². The normalized spacial score (nSPS) is 12.9. The number of hydrogen-bond acceptors (Lipinski definition) is 0. The van der Waals surface area contributed by atoms with E-state index in [0.717, 1.165) is 0 Å². The Labute approximate surface area is 228 Å². The van der Waals surface area contributed by atoms with Crippen molar-refractivity contribution in [2.45, 2.75) is 18.7 Å². The summed E-state index contributed by atoms with van der Waals surface area (Å²) < 4.78 is 2.78. The van der Waals surface area contributed by atoms with Gasteiger partial charge >= 0.3 is 0 Å². The van der Waals surface area contributed by atoms with E-state index in [9.17, 15) is 0 Å². The van der Waals surface area contributed by atoms with Gasteiger partial charge in [0.2, 0.25) is 0 Å². The van der Waals surface area contributed by atoms with Crippen molar-refractivity contribution in [3.05, 3.63) is 127 Å². The van der Waals surface area contributed by atoms with Gasteiger partial charge in [-0.05, 0) is 110 Å². The van der Waals surface area contributed by atoms with E-state index in [0.29, 0.717) is 0 Å². The molecule has 4 rings (SSSR count). The van der Waals surface area contributed by atoms with Crippen LogP contribution in [0.4, 0.5) is 0 Å². The summed E-state index contributed by atoms with van der Waals surface area (Å²) in [6.45, 7) is 0. The third kappa shape index (κ3) is 7.59. The van der Waals surface area contributed by atoms with Gasteiger partial charge in [0.1, 0.15) is 0 Å². The Kier molecular flexibility index (Phi) is 10.2. The van der Waals surface area contributed by atoms with Crippen molar-refractivity contribution in [3.8, 4) is 0 Å². The lowest BCUT2D eigenvalue weighted by molar-refractivity contribution is 1.09. The molecule has 0 aliphatic heterocycles. The number of benzene rings is 4. The topological polar surface area (TPSA) is 0 Å². The van der Waals surface area contributed by atoms with Gasteiger partial charge in [-0.3, -0.25) is 0 Å². The van der Waals surface area contributed by atoms with E-state index in [1.165, 1.54) is 59.9 Å².